The first-order valence-corrected chi connectivity index (χ1v) is 9.75. The molecule has 2 N–H and O–H groups in total. The third-order valence-corrected chi connectivity index (χ3v) is 6.61. The van der Waals surface area contributed by atoms with Gasteiger partial charge in [0.2, 0.25) is 5.91 Å². The molecule has 0 spiro atoms. The third kappa shape index (κ3) is 3.35. The van der Waals surface area contributed by atoms with Crippen LogP contribution in [0.3, 0.4) is 0 Å². The molecule has 2 bridgehead atoms. The molecule has 5 heteroatoms. The second-order valence-electron chi connectivity index (χ2n) is 8.55. The molecule has 25 heavy (non-hydrogen) atoms. The molecule has 0 radical (unpaired) electrons. The van der Waals surface area contributed by atoms with E-state index in [4.69, 9.17) is 0 Å². The summed E-state index contributed by atoms with van der Waals surface area (Å²) >= 11 is 0. The number of nitrogens with zero attached hydrogens (tertiary/aromatic N) is 1. The van der Waals surface area contributed by atoms with Crippen molar-refractivity contribution in [2.24, 2.45) is 23.7 Å². The second-order valence-corrected chi connectivity index (χ2v) is 8.55. The average molecular weight is 348 g/mol. The van der Waals surface area contributed by atoms with Gasteiger partial charge in [0.1, 0.15) is 0 Å². The highest BCUT2D eigenvalue weighted by Gasteiger charge is 2.57. The topological polar surface area (TPSA) is 69.6 Å². The Balaban J connectivity index is 1.69. The number of carbonyl (C=O) groups is 2. The number of rotatable bonds is 4. The lowest BCUT2D eigenvalue weighted by Crippen LogP contribution is -2.50. The number of allylic oxidation sites excluding steroid dienone is 2. The van der Waals surface area contributed by atoms with Crippen LogP contribution in [0.15, 0.2) is 11.1 Å². The number of fused-ring (bicyclic) bond motifs is 2. The Morgan fingerprint density at radius 3 is 2.08 bits per heavy atom. The Bertz CT molecular complexity index is 571. The maximum Gasteiger partial charge on any atom is 0.307 e. The summed E-state index contributed by atoms with van der Waals surface area (Å²) in [5.41, 5.74) is 2.46. The number of piperidine rings is 1. The molecule has 4 atom stereocenters. The van der Waals surface area contributed by atoms with Crippen LogP contribution in [0.1, 0.15) is 53.4 Å². The summed E-state index contributed by atoms with van der Waals surface area (Å²) in [5.74, 6) is -1.57. The highest BCUT2D eigenvalue weighted by molar-refractivity contribution is 5.87. The number of aliphatic carboxylic acids is 1. The van der Waals surface area contributed by atoms with Crippen molar-refractivity contribution in [3.63, 3.8) is 0 Å². The van der Waals surface area contributed by atoms with Crippen LogP contribution in [0.4, 0.5) is 0 Å². The molecule has 5 nitrogen and oxygen atoms in total. The molecule has 0 unspecified atom stereocenters. The van der Waals surface area contributed by atoms with E-state index in [-0.39, 0.29) is 29.7 Å². The molecular formula is C20H32N2O3. The molecule has 0 aromatic rings. The van der Waals surface area contributed by atoms with Crippen LogP contribution < -0.4 is 5.32 Å². The minimum atomic E-state index is -0.805. The Morgan fingerprint density at radius 1 is 1.04 bits per heavy atom. The van der Waals surface area contributed by atoms with Gasteiger partial charge in [0, 0.05) is 25.2 Å². The molecule has 2 saturated carbocycles. The van der Waals surface area contributed by atoms with Crippen LogP contribution in [0.2, 0.25) is 0 Å². The van der Waals surface area contributed by atoms with Crippen LogP contribution in [0.5, 0.6) is 0 Å². The number of amides is 1. The van der Waals surface area contributed by atoms with Gasteiger partial charge in [-0.3, -0.25) is 9.59 Å². The van der Waals surface area contributed by atoms with E-state index in [1.54, 1.807) is 0 Å². The normalized spacial score (nSPS) is 33.1. The van der Waals surface area contributed by atoms with Crippen molar-refractivity contribution < 1.29 is 14.7 Å². The van der Waals surface area contributed by atoms with E-state index in [9.17, 15) is 14.7 Å². The quantitative estimate of drug-likeness (QED) is 0.767. The summed E-state index contributed by atoms with van der Waals surface area (Å²) < 4.78 is 0. The van der Waals surface area contributed by atoms with Crippen LogP contribution in [0, 0.1) is 23.7 Å². The van der Waals surface area contributed by atoms with E-state index in [0.717, 1.165) is 38.8 Å². The second kappa shape index (κ2) is 7.10. The molecule has 0 aromatic heterocycles. The fraction of sp³-hybridized carbons (Fsp3) is 0.800. The molecule has 1 saturated heterocycles. The van der Waals surface area contributed by atoms with Crippen molar-refractivity contribution in [3.8, 4) is 0 Å². The van der Waals surface area contributed by atoms with Crippen molar-refractivity contribution >= 4 is 11.9 Å². The first-order valence-electron chi connectivity index (χ1n) is 9.75. The number of nitrogens with one attached hydrogen (secondary N) is 1. The summed E-state index contributed by atoms with van der Waals surface area (Å²) in [6.45, 7) is 10.5. The van der Waals surface area contributed by atoms with Gasteiger partial charge in [-0.1, -0.05) is 11.1 Å². The largest absolute Gasteiger partial charge is 0.481 e. The van der Waals surface area contributed by atoms with Gasteiger partial charge in [-0.2, -0.15) is 0 Å². The number of hydrogen-bond acceptors (Lipinski definition) is 3. The molecule has 1 amide bonds. The fourth-order valence-corrected chi connectivity index (χ4v) is 5.46. The molecule has 1 aliphatic heterocycles. The van der Waals surface area contributed by atoms with Crippen LogP contribution in [-0.4, -0.2) is 47.1 Å². The molecule has 0 aromatic carbocycles. The highest BCUT2D eigenvalue weighted by Crippen LogP contribution is 2.57. The standard InChI is InChI=1S/C20H32N2O3/c1-11(2)16-14-5-6-15(16)18(20(24)25)17(14)19(23)21-13-7-9-22(10-8-13)12(3)4/h12-15,17-18H,5-10H2,1-4H3,(H,21,23)(H,24,25)/t14-,15-,17-,18+/m1/s1. The fourth-order valence-electron chi connectivity index (χ4n) is 5.46. The van der Waals surface area contributed by atoms with Crippen LogP contribution in [0.25, 0.3) is 0 Å². The molecule has 3 fully saturated rings. The highest BCUT2D eigenvalue weighted by atomic mass is 16.4. The smallest absolute Gasteiger partial charge is 0.307 e. The number of likely N-dealkylation sites (tertiary alicyclic amines) is 1. The van der Waals surface area contributed by atoms with E-state index in [1.165, 1.54) is 11.1 Å². The van der Waals surface area contributed by atoms with Crippen molar-refractivity contribution in [2.75, 3.05) is 13.1 Å². The van der Waals surface area contributed by atoms with Gasteiger partial charge in [0.25, 0.3) is 0 Å². The number of carboxylic acid groups (broad SMARTS) is 1. The predicted octanol–water partition coefficient (Wildman–Crippen LogP) is 2.67. The lowest BCUT2D eigenvalue weighted by atomic mass is 9.78. The zero-order valence-electron chi connectivity index (χ0n) is 15.9. The molecule has 2 aliphatic carbocycles. The first kappa shape index (κ1) is 18.4. The van der Waals surface area contributed by atoms with Gasteiger partial charge in [-0.15, -0.1) is 0 Å². The van der Waals surface area contributed by atoms with Gasteiger partial charge in [-0.25, -0.2) is 0 Å². The minimum Gasteiger partial charge on any atom is -0.481 e. The summed E-state index contributed by atoms with van der Waals surface area (Å²) in [6.07, 6.45) is 3.79. The summed E-state index contributed by atoms with van der Waals surface area (Å²) in [5, 5.41) is 12.9. The SMILES string of the molecule is CC(C)=C1[C@H]2CC[C@H]1[C@@H](C(=O)NC1CCN(C(C)C)CC1)[C@H]2C(=O)O. The number of carbonyl (C=O) groups excluding carboxylic acids is 1. The van der Waals surface area contributed by atoms with E-state index < -0.39 is 11.9 Å². The summed E-state index contributed by atoms with van der Waals surface area (Å²) in [4.78, 5) is 27.3. The van der Waals surface area contributed by atoms with Crippen molar-refractivity contribution in [1.82, 2.24) is 10.2 Å². The molecule has 140 valence electrons. The van der Waals surface area contributed by atoms with Gasteiger partial charge >= 0.3 is 5.97 Å². The maximum absolute atomic E-state index is 13.0. The van der Waals surface area contributed by atoms with Gasteiger partial charge in [0.05, 0.1) is 11.8 Å². The van der Waals surface area contributed by atoms with Crippen molar-refractivity contribution in [2.45, 2.75) is 65.5 Å². The third-order valence-electron chi connectivity index (χ3n) is 6.61. The summed E-state index contributed by atoms with van der Waals surface area (Å²) in [6, 6.07) is 0.727. The van der Waals surface area contributed by atoms with E-state index in [2.05, 4.69) is 37.9 Å². The lowest BCUT2D eigenvalue weighted by Gasteiger charge is -2.36. The lowest BCUT2D eigenvalue weighted by molar-refractivity contribution is -0.149. The van der Waals surface area contributed by atoms with Gasteiger partial charge in [0.15, 0.2) is 0 Å². The predicted molar refractivity (Wildman–Crippen MR) is 97.1 cm³/mol. The Morgan fingerprint density at radius 2 is 1.60 bits per heavy atom. The van der Waals surface area contributed by atoms with Gasteiger partial charge in [-0.05, 0) is 65.2 Å². The van der Waals surface area contributed by atoms with Crippen LogP contribution >= 0.6 is 0 Å². The Kier molecular flexibility index (Phi) is 5.24. The van der Waals surface area contributed by atoms with Gasteiger partial charge < -0.3 is 15.3 Å². The first-order chi connectivity index (χ1) is 11.8. The average Bonchev–Trinajstić information content (AvgIpc) is 3.11. The number of carboxylic acids is 1. The monoisotopic (exact) mass is 348 g/mol. The van der Waals surface area contributed by atoms with E-state index >= 15 is 0 Å². The zero-order valence-corrected chi connectivity index (χ0v) is 15.9. The maximum atomic E-state index is 13.0. The number of hydrogen-bond donors (Lipinski definition) is 2. The Labute approximate surface area is 150 Å². The van der Waals surface area contributed by atoms with E-state index in [0.29, 0.717) is 6.04 Å². The molecule has 3 rings (SSSR count). The molecular weight excluding hydrogens is 316 g/mol. The minimum absolute atomic E-state index is 0.0265. The molecule has 1 heterocycles. The Hall–Kier alpha value is -1.36. The van der Waals surface area contributed by atoms with E-state index in [1.807, 2.05) is 0 Å². The van der Waals surface area contributed by atoms with Crippen molar-refractivity contribution in [1.29, 1.82) is 0 Å². The van der Waals surface area contributed by atoms with Crippen molar-refractivity contribution in [3.05, 3.63) is 11.1 Å². The molecule has 3 aliphatic rings. The van der Waals surface area contributed by atoms with Crippen LogP contribution in [-0.2, 0) is 9.59 Å². The zero-order chi connectivity index (χ0) is 18.3. The summed E-state index contributed by atoms with van der Waals surface area (Å²) in [7, 11) is 0.